The second-order valence-electron chi connectivity index (χ2n) is 6.30. The van der Waals surface area contributed by atoms with E-state index in [1.54, 1.807) is 12.1 Å². The van der Waals surface area contributed by atoms with Gasteiger partial charge in [-0.25, -0.2) is 4.79 Å². The standard InChI is InChI=1S/C16H21NO4.CH2O2/c18-10-16-9-17(8-13(16)5-6-21-11-16)7-12-3-1-2-4-14(12)15(19)20;2-1-3/h1-4,13,18H,5-11H2,(H,19,20);1H,(H,2,3)/t13-,16+;/m0./s1. The number of carbonyl (C=O) groups is 2. The van der Waals surface area contributed by atoms with Crippen molar-refractivity contribution in [1.29, 1.82) is 0 Å². The molecule has 0 aliphatic carbocycles. The molecule has 2 heterocycles. The molecule has 2 atom stereocenters. The molecule has 0 amide bonds. The van der Waals surface area contributed by atoms with Crippen LogP contribution in [0.25, 0.3) is 0 Å². The lowest BCUT2D eigenvalue weighted by Gasteiger charge is -2.36. The Bertz CT molecular complexity index is 578. The summed E-state index contributed by atoms with van der Waals surface area (Å²) in [5.41, 5.74) is 1.02. The fourth-order valence-electron chi connectivity index (χ4n) is 3.66. The molecule has 0 radical (unpaired) electrons. The first-order valence-corrected chi connectivity index (χ1v) is 7.86. The Morgan fingerprint density at radius 3 is 2.75 bits per heavy atom. The summed E-state index contributed by atoms with van der Waals surface area (Å²) in [6.07, 6.45) is 0.970. The van der Waals surface area contributed by atoms with Crippen molar-refractivity contribution in [2.75, 3.05) is 32.9 Å². The van der Waals surface area contributed by atoms with Crippen LogP contribution < -0.4 is 0 Å². The first-order chi connectivity index (χ1) is 11.6. The number of carboxylic acid groups (broad SMARTS) is 2. The average molecular weight is 337 g/mol. The van der Waals surface area contributed by atoms with Gasteiger partial charge >= 0.3 is 5.97 Å². The van der Waals surface area contributed by atoms with Gasteiger partial charge in [0.05, 0.1) is 18.8 Å². The minimum absolute atomic E-state index is 0.134. The van der Waals surface area contributed by atoms with Crippen molar-refractivity contribution in [2.45, 2.75) is 13.0 Å². The van der Waals surface area contributed by atoms with E-state index in [0.29, 0.717) is 24.6 Å². The smallest absolute Gasteiger partial charge is 0.336 e. The summed E-state index contributed by atoms with van der Waals surface area (Å²) in [5.74, 6) is -0.448. The predicted molar refractivity (Wildman–Crippen MR) is 85.8 cm³/mol. The zero-order valence-electron chi connectivity index (χ0n) is 13.4. The topological polar surface area (TPSA) is 107 Å². The minimum atomic E-state index is -0.887. The highest BCUT2D eigenvalue weighted by molar-refractivity contribution is 5.89. The van der Waals surface area contributed by atoms with E-state index < -0.39 is 5.97 Å². The second kappa shape index (κ2) is 8.23. The Hall–Kier alpha value is -1.96. The monoisotopic (exact) mass is 337 g/mol. The number of hydrogen-bond acceptors (Lipinski definition) is 5. The number of hydrogen-bond donors (Lipinski definition) is 3. The summed E-state index contributed by atoms with van der Waals surface area (Å²) in [7, 11) is 0. The third kappa shape index (κ3) is 3.92. The number of aliphatic hydroxyl groups is 1. The van der Waals surface area contributed by atoms with Crippen LogP contribution >= 0.6 is 0 Å². The number of aromatic carboxylic acids is 1. The number of nitrogens with zero attached hydrogens (tertiary/aromatic N) is 1. The van der Waals surface area contributed by atoms with Crippen molar-refractivity contribution >= 4 is 12.4 Å². The molecule has 1 aromatic rings. The number of carboxylic acids is 1. The molecule has 2 aliphatic heterocycles. The van der Waals surface area contributed by atoms with E-state index in [0.717, 1.165) is 31.7 Å². The molecule has 1 aromatic carbocycles. The van der Waals surface area contributed by atoms with Gasteiger partial charge in [-0.15, -0.1) is 0 Å². The summed E-state index contributed by atoms with van der Waals surface area (Å²) in [5, 5.41) is 25.9. The van der Waals surface area contributed by atoms with Gasteiger partial charge in [-0.2, -0.15) is 0 Å². The van der Waals surface area contributed by atoms with Crippen LogP contribution in [0.5, 0.6) is 0 Å². The van der Waals surface area contributed by atoms with Crippen LogP contribution in [-0.4, -0.2) is 65.6 Å². The molecular formula is C17H23NO6. The highest BCUT2D eigenvalue weighted by atomic mass is 16.5. The SMILES string of the molecule is O=C(O)c1ccccc1CN1C[C@@H]2CCOC[C@]2(CO)C1.O=CO. The molecule has 132 valence electrons. The van der Waals surface area contributed by atoms with E-state index in [9.17, 15) is 15.0 Å². The molecular weight excluding hydrogens is 314 g/mol. The molecule has 24 heavy (non-hydrogen) atoms. The highest BCUT2D eigenvalue weighted by Crippen LogP contribution is 2.41. The lowest BCUT2D eigenvalue weighted by molar-refractivity contribution is -0.122. The van der Waals surface area contributed by atoms with E-state index in [4.69, 9.17) is 14.6 Å². The van der Waals surface area contributed by atoms with E-state index in [2.05, 4.69) is 4.90 Å². The van der Waals surface area contributed by atoms with Crippen LogP contribution in [0.3, 0.4) is 0 Å². The molecule has 0 saturated carbocycles. The van der Waals surface area contributed by atoms with Crippen molar-refractivity contribution in [3.63, 3.8) is 0 Å². The number of benzene rings is 1. The Morgan fingerprint density at radius 1 is 1.42 bits per heavy atom. The quantitative estimate of drug-likeness (QED) is 0.701. The molecule has 0 bridgehead atoms. The lowest BCUT2D eigenvalue weighted by Crippen LogP contribution is -2.42. The number of rotatable bonds is 4. The van der Waals surface area contributed by atoms with E-state index >= 15 is 0 Å². The van der Waals surface area contributed by atoms with Crippen molar-refractivity contribution in [3.05, 3.63) is 35.4 Å². The molecule has 7 nitrogen and oxygen atoms in total. The summed E-state index contributed by atoms with van der Waals surface area (Å²) >= 11 is 0. The van der Waals surface area contributed by atoms with Crippen LogP contribution in [-0.2, 0) is 16.1 Å². The minimum Gasteiger partial charge on any atom is -0.483 e. The van der Waals surface area contributed by atoms with Gasteiger partial charge in [0.25, 0.3) is 6.47 Å². The largest absolute Gasteiger partial charge is 0.483 e. The van der Waals surface area contributed by atoms with E-state index in [1.165, 1.54) is 0 Å². The van der Waals surface area contributed by atoms with Crippen molar-refractivity contribution in [2.24, 2.45) is 11.3 Å². The van der Waals surface area contributed by atoms with Gasteiger partial charge in [0.2, 0.25) is 0 Å². The molecule has 2 saturated heterocycles. The Morgan fingerprint density at radius 2 is 2.12 bits per heavy atom. The molecule has 2 aliphatic rings. The van der Waals surface area contributed by atoms with Crippen LogP contribution in [0, 0.1) is 11.3 Å². The van der Waals surface area contributed by atoms with Gasteiger partial charge in [0, 0.05) is 31.7 Å². The maximum atomic E-state index is 11.3. The number of fused-ring (bicyclic) bond motifs is 1. The van der Waals surface area contributed by atoms with Crippen molar-refractivity contribution in [3.8, 4) is 0 Å². The first kappa shape index (κ1) is 18.4. The van der Waals surface area contributed by atoms with Gasteiger partial charge in [-0.3, -0.25) is 9.69 Å². The Balaban J connectivity index is 0.000000647. The van der Waals surface area contributed by atoms with Gasteiger partial charge in [0.1, 0.15) is 0 Å². The predicted octanol–water partition coefficient (Wildman–Crippen LogP) is 0.916. The third-order valence-electron chi connectivity index (χ3n) is 4.84. The molecule has 0 spiro atoms. The van der Waals surface area contributed by atoms with Gasteiger partial charge in [-0.05, 0) is 24.0 Å². The zero-order chi connectivity index (χ0) is 17.6. The molecule has 0 aromatic heterocycles. The first-order valence-electron chi connectivity index (χ1n) is 7.86. The summed E-state index contributed by atoms with van der Waals surface area (Å²) < 4.78 is 5.56. The summed E-state index contributed by atoms with van der Waals surface area (Å²) in [6, 6.07) is 7.13. The zero-order valence-corrected chi connectivity index (χ0v) is 13.4. The summed E-state index contributed by atoms with van der Waals surface area (Å²) in [4.78, 5) is 21.9. The molecule has 7 heteroatoms. The third-order valence-corrected chi connectivity index (χ3v) is 4.84. The molecule has 0 unspecified atom stereocenters. The van der Waals surface area contributed by atoms with Crippen LogP contribution in [0.2, 0.25) is 0 Å². The maximum Gasteiger partial charge on any atom is 0.336 e. The Labute approximate surface area is 140 Å². The number of likely N-dealkylation sites (tertiary alicyclic amines) is 1. The molecule has 3 N–H and O–H groups in total. The Kier molecular flexibility index (Phi) is 6.30. The second-order valence-corrected chi connectivity index (χ2v) is 6.30. The normalized spacial score (nSPS) is 26.1. The fourth-order valence-corrected chi connectivity index (χ4v) is 3.66. The van der Waals surface area contributed by atoms with Gasteiger partial charge < -0.3 is 20.1 Å². The van der Waals surface area contributed by atoms with Crippen LogP contribution in [0.1, 0.15) is 22.3 Å². The van der Waals surface area contributed by atoms with Gasteiger partial charge in [-0.1, -0.05) is 18.2 Å². The summed E-state index contributed by atoms with van der Waals surface area (Å²) in [6.45, 7) is 3.52. The van der Waals surface area contributed by atoms with E-state index in [1.807, 2.05) is 12.1 Å². The average Bonchev–Trinajstić information content (AvgIpc) is 2.94. The van der Waals surface area contributed by atoms with E-state index in [-0.39, 0.29) is 18.5 Å². The molecule has 3 rings (SSSR count). The van der Waals surface area contributed by atoms with Crippen molar-refractivity contribution < 1.29 is 29.6 Å². The highest BCUT2D eigenvalue weighted by Gasteiger charge is 2.48. The lowest BCUT2D eigenvalue weighted by atomic mass is 9.76. The molecule has 2 fully saturated rings. The van der Waals surface area contributed by atoms with Gasteiger partial charge in [0.15, 0.2) is 0 Å². The number of aliphatic hydroxyl groups excluding tert-OH is 1. The fraction of sp³-hybridized carbons (Fsp3) is 0.529. The maximum absolute atomic E-state index is 11.3. The number of ether oxygens (including phenoxy) is 1. The van der Waals surface area contributed by atoms with Crippen LogP contribution in [0.4, 0.5) is 0 Å². The van der Waals surface area contributed by atoms with Crippen LogP contribution in [0.15, 0.2) is 24.3 Å². The van der Waals surface area contributed by atoms with Crippen molar-refractivity contribution in [1.82, 2.24) is 4.90 Å².